The molecule has 0 bridgehead atoms. The van der Waals surface area contributed by atoms with Crippen molar-refractivity contribution in [2.24, 2.45) is 7.05 Å². The first-order valence-electron chi connectivity index (χ1n) is 5.45. The fraction of sp³-hybridized carbons (Fsp3) is 0.500. The van der Waals surface area contributed by atoms with Crippen LogP contribution < -0.4 is 22.3 Å². The van der Waals surface area contributed by atoms with Crippen molar-refractivity contribution in [2.75, 3.05) is 24.2 Å². The Balaban J connectivity index is 2.75. The quantitative estimate of drug-likeness (QED) is 0.582. The van der Waals surface area contributed by atoms with Crippen LogP contribution in [0.5, 0.6) is 0 Å². The Labute approximate surface area is 103 Å². The molecule has 1 aromatic rings. The van der Waals surface area contributed by atoms with Crippen LogP contribution in [-0.2, 0) is 16.6 Å². The minimum Gasteiger partial charge on any atom is -0.466 e. The normalized spacial score (nSPS) is 10.1. The summed E-state index contributed by atoms with van der Waals surface area (Å²) in [6.07, 6.45) is 0.107. The van der Waals surface area contributed by atoms with Crippen LogP contribution in [0.2, 0.25) is 0 Å². The lowest BCUT2D eigenvalue weighted by atomic mass is 10.4. The maximum Gasteiger partial charge on any atom is 0.329 e. The lowest BCUT2D eigenvalue weighted by Crippen LogP contribution is -2.32. The van der Waals surface area contributed by atoms with Gasteiger partial charge < -0.3 is 15.8 Å². The van der Waals surface area contributed by atoms with Crippen LogP contribution in [0.25, 0.3) is 0 Å². The highest BCUT2D eigenvalue weighted by atomic mass is 16.5. The number of nitrogens with zero attached hydrogens (tertiary/aromatic N) is 1. The molecule has 0 radical (unpaired) electrons. The van der Waals surface area contributed by atoms with Gasteiger partial charge in [-0.3, -0.25) is 19.1 Å². The minimum absolute atomic E-state index is 0.0209. The first kappa shape index (κ1) is 13.8. The van der Waals surface area contributed by atoms with Crippen molar-refractivity contribution in [3.05, 3.63) is 20.8 Å². The number of ether oxygens (including phenoxy) is 1. The molecule has 0 amide bonds. The lowest BCUT2D eigenvalue weighted by molar-refractivity contribution is -0.142. The first-order chi connectivity index (χ1) is 8.47. The second-order valence-corrected chi connectivity index (χ2v) is 3.56. The second kappa shape index (κ2) is 5.89. The summed E-state index contributed by atoms with van der Waals surface area (Å²) in [6, 6.07) is 0. The number of aromatic amines is 1. The van der Waals surface area contributed by atoms with Gasteiger partial charge in [0.2, 0.25) is 0 Å². The molecule has 1 aromatic heterocycles. The summed E-state index contributed by atoms with van der Waals surface area (Å²) in [4.78, 5) is 35.9. The molecule has 0 atom stereocenters. The second-order valence-electron chi connectivity index (χ2n) is 3.56. The molecule has 1 heterocycles. The van der Waals surface area contributed by atoms with E-state index in [-0.39, 0.29) is 30.4 Å². The molecule has 0 fully saturated rings. The van der Waals surface area contributed by atoms with Crippen LogP contribution in [0, 0.1) is 0 Å². The van der Waals surface area contributed by atoms with Gasteiger partial charge in [0.15, 0.2) is 0 Å². The Hall–Kier alpha value is -2.25. The van der Waals surface area contributed by atoms with Crippen LogP contribution in [0.3, 0.4) is 0 Å². The number of rotatable bonds is 5. The van der Waals surface area contributed by atoms with E-state index in [0.29, 0.717) is 6.61 Å². The molecular weight excluding hydrogens is 240 g/mol. The molecule has 0 aliphatic carbocycles. The Morgan fingerprint density at radius 1 is 1.50 bits per heavy atom. The van der Waals surface area contributed by atoms with Gasteiger partial charge in [-0.25, -0.2) is 4.79 Å². The van der Waals surface area contributed by atoms with Crippen molar-refractivity contribution in [3.8, 4) is 0 Å². The zero-order valence-corrected chi connectivity index (χ0v) is 10.3. The van der Waals surface area contributed by atoms with Gasteiger partial charge in [0.05, 0.1) is 13.0 Å². The number of hydrogen-bond donors (Lipinski definition) is 3. The van der Waals surface area contributed by atoms with Crippen molar-refractivity contribution < 1.29 is 9.53 Å². The molecule has 1 rings (SSSR count). The topological polar surface area (TPSA) is 119 Å². The highest BCUT2D eigenvalue weighted by molar-refractivity contribution is 5.70. The number of hydrogen-bond acceptors (Lipinski definition) is 6. The molecule has 18 heavy (non-hydrogen) atoms. The number of H-pyrrole nitrogens is 1. The van der Waals surface area contributed by atoms with Gasteiger partial charge in [0.25, 0.3) is 5.56 Å². The zero-order valence-electron chi connectivity index (χ0n) is 10.3. The van der Waals surface area contributed by atoms with E-state index in [1.807, 2.05) is 0 Å². The first-order valence-corrected chi connectivity index (χ1v) is 5.45. The number of aromatic nitrogens is 2. The lowest BCUT2D eigenvalue weighted by Gasteiger charge is -2.10. The highest BCUT2D eigenvalue weighted by Crippen LogP contribution is 2.07. The van der Waals surface area contributed by atoms with E-state index in [2.05, 4.69) is 10.3 Å². The smallest absolute Gasteiger partial charge is 0.329 e. The fourth-order valence-corrected chi connectivity index (χ4v) is 1.33. The molecule has 8 nitrogen and oxygen atoms in total. The number of carbonyl (C=O) groups excluding carboxylic acids is 1. The Morgan fingerprint density at radius 3 is 2.78 bits per heavy atom. The summed E-state index contributed by atoms with van der Waals surface area (Å²) in [7, 11) is 1.43. The number of nitrogen functional groups attached to an aromatic ring is 1. The standard InChI is InChI=1S/C10H16N4O4/c1-3-18-6(15)4-5-12-7-8(11)14(2)10(17)13-9(7)16/h12H,3-5,11H2,1-2H3,(H,13,16,17). The number of nitrogens with two attached hydrogens (primary N) is 1. The SMILES string of the molecule is CCOC(=O)CCNc1c(N)n(C)c(=O)[nH]c1=O. The third-order valence-corrected chi connectivity index (χ3v) is 2.31. The molecule has 4 N–H and O–H groups in total. The van der Waals surface area contributed by atoms with Gasteiger partial charge in [-0.1, -0.05) is 0 Å². The summed E-state index contributed by atoms with van der Waals surface area (Å²) in [5.74, 6) is -0.350. The number of esters is 1. The molecule has 0 unspecified atom stereocenters. The van der Waals surface area contributed by atoms with Crippen LogP contribution in [-0.4, -0.2) is 28.7 Å². The third kappa shape index (κ3) is 3.12. The summed E-state index contributed by atoms with van der Waals surface area (Å²) in [5.41, 5.74) is 4.49. The van der Waals surface area contributed by atoms with E-state index in [1.54, 1.807) is 6.92 Å². The molecule has 0 saturated carbocycles. The van der Waals surface area contributed by atoms with Crippen LogP contribution >= 0.6 is 0 Å². The van der Waals surface area contributed by atoms with E-state index in [0.717, 1.165) is 4.57 Å². The number of carbonyl (C=O) groups is 1. The summed E-state index contributed by atoms with van der Waals surface area (Å²) >= 11 is 0. The van der Waals surface area contributed by atoms with Crippen molar-refractivity contribution in [1.29, 1.82) is 0 Å². The maximum atomic E-state index is 11.5. The average molecular weight is 256 g/mol. The van der Waals surface area contributed by atoms with E-state index in [9.17, 15) is 14.4 Å². The van der Waals surface area contributed by atoms with Gasteiger partial charge in [-0.15, -0.1) is 0 Å². The minimum atomic E-state index is -0.612. The summed E-state index contributed by atoms with van der Waals surface area (Å²) in [5, 5.41) is 2.71. The molecule has 0 aliphatic heterocycles. The van der Waals surface area contributed by atoms with Crippen molar-refractivity contribution in [3.63, 3.8) is 0 Å². The fourth-order valence-electron chi connectivity index (χ4n) is 1.33. The Morgan fingerprint density at radius 2 is 2.17 bits per heavy atom. The molecular formula is C10H16N4O4. The Bertz CT molecular complexity index is 546. The summed E-state index contributed by atoms with van der Waals surface area (Å²) in [6.45, 7) is 2.21. The van der Waals surface area contributed by atoms with Crippen LogP contribution in [0.15, 0.2) is 9.59 Å². The Kier molecular flexibility index (Phi) is 4.52. The van der Waals surface area contributed by atoms with Crippen molar-refractivity contribution in [2.45, 2.75) is 13.3 Å². The molecule has 0 aromatic carbocycles. The highest BCUT2D eigenvalue weighted by Gasteiger charge is 2.10. The van der Waals surface area contributed by atoms with Gasteiger partial charge in [-0.05, 0) is 6.92 Å². The van der Waals surface area contributed by atoms with Crippen molar-refractivity contribution in [1.82, 2.24) is 9.55 Å². The average Bonchev–Trinajstić information content (AvgIpc) is 2.31. The number of nitrogens with one attached hydrogen (secondary N) is 2. The van der Waals surface area contributed by atoms with E-state index >= 15 is 0 Å². The molecule has 100 valence electrons. The summed E-state index contributed by atoms with van der Waals surface area (Å²) < 4.78 is 5.84. The van der Waals surface area contributed by atoms with E-state index < -0.39 is 11.2 Å². The largest absolute Gasteiger partial charge is 0.466 e. The van der Waals surface area contributed by atoms with E-state index in [1.165, 1.54) is 7.05 Å². The van der Waals surface area contributed by atoms with Gasteiger partial charge in [0, 0.05) is 13.6 Å². The van der Waals surface area contributed by atoms with E-state index in [4.69, 9.17) is 10.5 Å². The molecule has 0 saturated heterocycles. The number of anilines is 2. The maximum absolute atomic E-state index is 11.5. The molecule has 0 aliphatic rings. The van der Waals surface area contributed by atoms with Crippen molar-refractivity contribution >= 4 is 17.5 Å². The van der Waals surface area contributed by atoms with Gasteiger partial charge in [0.1, 0.15) is 11.5 Å². The van der Waals surface area contributed by atoms with Crippen LogP contribution in [0.1, 0.15) is 13.3 Å². The monoisotopic (exact) mass is 256 g/mol. The van der Waals surface area contributed by atoms with Gasteiger partial charge >= 0.3 is 11.7 Å². The predicted molar refractivity (Wildman–Crippen MR) is 66.5 cm³/mol. The third-order valence-electron chi connectivity index (χ3n) is 2.31. The zero-order chi connectivity index (χ0) is 13.7. The molecule has 0 spiro atoms. The van der Waals surface area contributed by atoms with Gasteiger partial charge in [-0.2, -0.15) is 0 Å². The van der Waals surface area contributed by atoms with Crippen LogP contribution in [0.4, 0.5) is 11.5 Å². The molecule has 8 heteroatoms. The predicted octanol–water partition coefficient (Wildman–Crippen LogP) is -0.979.